The lowest BCUT2D eigenvalue weighted by Crippen LogP contribution is -2.29. The van der Waals surface area contributed by atoms with Crippen LogP contribution in [0.2, 0.25) is 0 Å². The van der Waals surface area contributed by atoms with Crippen LogP contribution in [-0.4, -0.2) is 44.7 Å². The maximum atomic E-state index is 12.4. The molecular formula is C20H24F2N2O4. The van der Waals surface area contributed by atoms with E-state index >= 15 is 0 Å². The van der Waals surface area contributed by atoms with Gasteiger partial charge in [-0.25, -0.2) is 0 Å². The summed E-state index contributed by atoms with van der Waals surface area (Å²) in [6.45, 7) is 0.151. The van der Waals surface area contributed by atoms with Gasteiger partial charge in [0.05, 0.1) is 20.3 Å². The summed E-state index contributed by atoms with van der Waals surface area (Å²) in [6, 6.07) is 11.8. The van der Waals surface area contributed by atoms with E-state index in [-0.39, 0.29) is 24.0 Å². The number of carbonyl (C=O) groups is 1. The van der Waals surface area contributed by atoms with Gasteiger partial charge in [0.2, 0.25) is 5.91 Å². The Morgan fingerprint density at radius 3 is 2.46 bits per heavy atom. The van der Waals surface area contributed by atoms with Crippen LogP contribution in [0, 0.1) is 0 Å². The third-order valence-electron chi connectivity index (χ3n) is 3.76. The van der Waals surface area contributed by atoms with E-state index in [1.807, 2.05) is 6.92 Å². The zero-order valence-electron chi connectivity index (χ0n) is 16.1. The first-order valence-corrected chi connectivity index (χ1v) is 8.74. The topological polar surface area (TPSA) is 60.0 Å². The molecule has 0 saturated heterocycles. The highest BCUT2D eigenvalue weighted by Gasteiger charge is 2.13. The van der Waals surface area contributed by atoms with Crippen LogP contribution in [-0.2, 0) is 11.3 Å². The number of anilines is 1. The van der Waals surface area contributed by atoms with Gasteiger partial charge in [0.25, 0.3) is 0 Å². The first-order chi connectivity index (χ1) is 13.4. The van der Waals surface area contributed by atoms with Crippen molar-refractivity contribution in [3.05, 3.63) is 48.0 Å². The first kappa shape index (κ1) is 21.4. The van der Waals surface area contributed by atoms with E-state index < -0.39 is 6.61 Å². The van der Waals surface area contributed by atoms with Gasteiger partial charge in [0, 0.05) is 12.2 Å². The number of carbonyl (C=O) groups excluding carboxylic acids is 1. The molecule has 2 aromatic carbocycles. The van der Waals surface area contributed by atoms with Crippen LogP contribution in [0.1, 0.15) is 12.5 Å². The van der Waals surface area contributed by atoms with E-state index in [9.17, 15) is 13.6 Å². The maximum Gasteiger partial charge on any atom is 0.387 e. The molecule has 0 fully saturated rings. The van der Waals surface area contributed by atoms with Crippen LogP contribution in [0.15, 0.2) is 42.5 Å². The summed E-state index contributed by atoms with van der Waals surface area (Å²) in [5.74, 6) is 0.754. The van der Waals surface area contributed by atoms with Crippen molar-refractivity contribution in [2.24, 2.45) is 0 Å². The second-order valence-electron chi connectivity index (χ2n) is 6.04. The van der Waals surface area contributed by atoms with E-state index in [2.05, 4.69) is 10.1 Å². The number of methoxy groups -OCH3 is 1. The van der Waals surface area contributed by atoms with E-state index in [1.165, 1.54) is 13.2 Å². The molecule has 0 saturated carbocycles. The van der Waals surface area contributed by atoms with Gasteiger partial charge in [-0.2, -0.15) is 8.78 Å². The Morgan fingerprint density at radius 1 is 1.14 bits per heavy atom. The summed E-state index contributed by atoms with van der Waals surface area (Å²) in [5, 5.41) is 2.82. The second-order valence-corrected chi connectivity index (χ2v) is 6.04. The number of benzene rings is 2. The van der Waals surface area contributed by atoms with Crippen molar-refractivity contribution < 1.29 is 27.8 Å². The molecule has 28 heavy (non-hydrogen) atoms. The van der Waals surface area contributed by atoms with Crippen molar-refractivity contribution >= 4 is 11.6 Å². The van der Waals surface area contributed by atoms with E-state index in [0.29, 0.717) is 18.8 Å². The molecule has 1 N–H and O–H groups in total. The van der Waals surface area contributed by atoms with Crippen molar-refractivity contribution in [1.29, 1.82) is 0 Å². The van der Waals surface area contributed by atoms with Crippen LogP contribution in [0.3, 0.4) is 0 Å². The zero-order chi connectivity index (χ0) is 20.5. The Labute approximate surface area is 163 Å². The molecule has 152 valence electrons. The first-order valence-electron chi connectivity index (χ1n) is 8.74. The fourth-order valence-electron chi connectivity index (χ4n) is 2.62. The van der Waals surface area contributed by atoms with Gasteiger partial charge >= 0.3 is 6.61 Å². The van der Waals surface area contributed by atoms with Crippen molar-refractivity contribution in [2.45, 2.75) is 20.1 Å². The molecule has 0 bridgehead atoms. The molecule has 0 aliphatic heterocycles. The number of hydrogen-bond acceptors (Lipinski definition) is 5. The zero-order valence-corrected chi connectivity index (χ0v) is 16.1. The predicted octanol–water partition coefficient (Wildman–Crippen LogP) is 3.77. The minimum Gasteiger partial charge on any atom is -0.494 e. The summed E-state index contributed by atoms with van der Waals surface area (Å²) in [4.78, 5) is 14.0. The Balaban J connectivity index is 1.90. The Bertz CT molecular complexity index is 769. The summed E-state index contributed by atoms with van der Waals surface area (Å²) >= 11 is 0. The monoisotopic (exact) mass is 394 g/mol. The molecule has 2 rings (SSSR count). The maximum absolute atomic E-state index is 12.4. The van der Waals surface area contributed by atoms with Crippen molar-refractivity contribution in [3.8, 4) is 17.2 Å². The summed E-state index contributed by atoms with van der Waals surface area (Å²) in [7, 11) is 3.17. The van der Waals surface area contributed by atoms with E-state index in [0.717, 1.165) is 11.3 Å². The Morgan fingerprint density at radius 2 is 1.86 bits per heavy atom. The molecule has 0 aliphatic carbocycles. The van der Waals surface area contributed by atoms with Crippen molar-refractivity contribution in [2.75, 3.05) is 32.6 Å². The SMILES string of the molecule is CCOc1ccc(NC(=O)CN(C)Cc2ccc(OC(F)F)c(OC)c2)cc1. The van der Waals surface area contributed by atoms with Crippen LogP contribution in [0.5, 0.6) is 17.2 Å². The molecule has 6 nitrogen and oxygen atoms in total. The molecule has 1 amide bonds. The van der Waals surface area contributed by atoms with Crippen LogP contribution in [0.25, 0.3) is 0 Å². The highest BCUT2D eigenvalue weighted by atomic mass is 19.3. The lowest BCUT2D eigenvalue weighted by Gasteiger charge is -2.18. The molecule has 0 unspecified atom stereocenters. The third-order valence-corrected chi connectivity index (χ3v) is 3.76. The third kappa shape index (κ3) is 6.70. The molecule has 8 heteroatoms. The second kappa shape index (κ2) is 10.5. The number of nitrogens with zero attached hydrogens (tertiary/aromatic N) is 1. The molecule has 0 aromatic heterocycles. The van der Waals surface area contributed by atoms with Crippen LogP contribution in [0.4, 0.5) is 14.5 Å². The lowest BCUT2D eigenvalue weighted by atomic mass is 10.2. The number of alkyl halides is 2. The van der Waals surface area contributed by atoms with Gasteiger partial charge < -0.3 is 19.5 Å². The molecule has 0 heterocycles. The molecule has 2 aromatic rings. The molecular weight excluding hydrogens is 370 g/mol. The number of amides is 1. The summed E-state index contributed by atoms with van der Waals surface area (Å²) < 4.78 is 39.6. The fourth-order valence-corrected chi connectivity index (χ4v) is 2.62. The molecule has 0 aliphatic rings. The van der Waals surface area contributed by atoms with Gasteiger partial charge in [0.1, 0.15) is 5.75 Å². The van der Waals surface area contributed by atoms with Gasteiger partial charge in [-0.1, -0.05) is 6.07 Å². The molecule has 0 atom stereocenters. The van der Waals surface area contributed by atoms with Crippen LogP contribution < -0.4 is 19.5 Å². The molecule has 0 radical (unpaired) electrons. The van der Waals surface area contributed by atoms with Gasteiger partial charge in [-0.05, 0) is 55.9 Å². The average molecular weight is 394 g/mol. The standard InChI is InChI=1S/C20H24F2N2O4/c1-4-27-16-8-6-15(7-9-16)23-19(25)13-24(2)12-14-5-10-17(28-20(21)22)18(11-14)26-3/h5-11,20H,4,12-13H2,1-3H3,(H,23,25). The van der Waals surface area contributed by atoms with E-state index in [1.54, 1.807) is 48.3 Å². The van der Waals surface area contributed by atoms with Gasteiger partial charge in [-0.15, -0.1) is 0 Å². The highest BCUT2D eigenvalue weighted by Crippen LogP contribution is 2.29. The Kier molecular flexibility index (Phi) is 8.01. The number of ether oxygens (including phenoxy) is 3. The number of likely N-dealkylation sites (N-methyl/N-ethyl adjacent to an activating group) is 1. The summed E-state index contributed by atoms with van der Waals surface area (Å²) in [6.07, 6.45) is 0. The largest absolute Gasteiger partial charge is 0.494 e. The normalized spacial score (nSPS) is 10.8. The van der Waals surface area contributed by atoms with Gasteiger partial charge in [0.15, 0.2) is 11.5 Å². The number of rotatable bonds is 10. The van der Waals surface area contributed by atoms with Crippen LogP contribution >= 0.6 is 0 Å². The fraction of sp³-hybridized carbons (Fsp3) is 0.350. The summed E-state index contributed by atoms with van der Waals surface area (Å²) in [5.41, 5.74) is 1.48. The van der Waals surface area contributed by atoms with Crippen molar-refractivity contribution in [1.82, 2.24) is 4.90 Å². The lowest BCUT2D eigenvalue weighted by molar-refractivity contribution is -0.117. The smallest absolute Gasteiger partial charge is 0.387 e. The van der Waals surface area contributed by atoms with E-state index in [4.69, 9.17) is 9.47 Å². The van der Waals surface area contributed by atoms with Crippen molar-refractivity contribution in [3.63, 3.8) is 0 Å². The number of halogens is 2. The predicted molar refractivity (Wildman–Crippen MR) is 102 cm³/mol. The molecule has 0 spiro atoms. The quantitative estimate of drug-likeness (QED) is 0.665. The van der Waals surface area contributed by atoms with Gasteiger partial charge in [-0.3, -0.25) is 9.69 Å². The Hall–Kier alpha value is -2.87. The number of hydrogen-bond donors (Lipinski definition) is 1. The number of nitrogens with one attached hydrogen (secondary N) is 1. The minimum atomic E-state index is -2.92. The minimum absolute atomic E-state index is 0.0304. The highest BCUT2D eigenvalue weighted by molar-refractivity contribution is 5.92. The average Bonchev–Trinajstić information content (AvgIpc) is 2.64.